The zero-order chi connectivity index (χ0) is 10.5. The smallest absolute Gasteiger partial charge is 0.230 e. The number of aromatic nitrogens is 2. The lowest BCUT2D eigenvalue weighted by molar-refractivity contribution is 0.362. The topological polar surface area (TPSA) is 51.0 Å². The summed E-state index contributed by atoms with van der Waals surface area (Å²) in [6, 6.07) is 0.698. The molecular weight excluding hydrogens is 190 g/mol. The van der Waals surface area contributed by atoms with Crippen molar-refractivity contribution in [3.8, 4) is 0 Å². The van der Waals surface area contributed by atoms with Gasteiger partial charge >= 0.3 is 0 Å². The second kappa shape index (κ2) is 3.04. The van der Waals surface area contributed by atoms with E-state index in [-0.39, 0.29) is 0 Å². The molecule has 4 nitrogen and oxygen atoms in total. The van der Waals surface area contributed by atoms with Crippen LogP contribution in [0.25, 0.3) is 0 Å². The van der Waals surface area contributed by atoms with Crippen molar-refractivity contribution in [1.29, 1.82) is 0 Å². The molecule has 0 aliphatic heterocycles. The van der Waals surface area contributed by atoms with Crippen LogP contribution in [0.4, 0.5) is 0 Å². The van der Waals surface area contributed by atoms with Gasteiger partial charge in [0.25, 0.3) is 0 Å². The van der Waals surface area contributed by atoms with Gasteiger partial charge in [-0.25, -0.2) is 0 Å². The first-order valence-electron chi connectivity index (χ1n) is 5.71. The van der Waals surface area contributed by atoms with Gasteiger partial charge in [-0.05, 0) is 24.7 Å². The first kappa shape index (κ1) is 9.33. The van der Waals surface area contributed by atoms with Gasteiger partial charge in [0, 0.05) is 12.0 Å². The molecule has 1 atom stereocenters. The highest BCUT2D eigenvalue weighted by atomic mass is 16.5. The van der Waals surface area contributed by atoms with E-state index in [4.69, 9.17) is 4.52 Å². The van der Waals surface area contributed by atoms with Crippen LogP contribution in [0.15, 0.2) is 4.52 Å². The molecule has 1 aromatic heterocycles. The minimum absolute atomic E-state index is 0.369. The summed E-state index contributed by atoms with van der Waals surface area (Å²) < 4.78 is 5.28. The zero-order valence-corrected chi connectivity index (χ0v) is 9.29. The van der Waals surface area contributed by atoms with Crippen molar-refractivity contribution in [2.24, 2.45) is 5.41 Å². The Morgan fingerprint density at radius 1 is 1.47 bits per heavy atom. The third-order valence-corrected chi connectivity index (χ3v) is 3.42. The summed E-state index contributed by atoms with van der Waals surface area (Å²) in [5.41, 5.74) is 0.369. The van der Waals surface area contributed by atoms with Crippen molar-refractivity contribution in [3.05, 3.63) is 11.7 Å². The molecule has 2 saturated carbocycles. The highest BCUT2D eigenvalue weighted by molar-refractivity contribution is 5.13. The lowest BCUT2D eigenvalue weighted by atomic mass is 10.1. The Kier molecular flexibility index (Phi) is 1.89. The second-order valence-corrected chi connectivity index (χ2v) is 5.45. The van der Waals surface area contributed by atoms with Crippen LogP contribution in [0.3, 0.4) is 0 Å². The molecule has 1 aromatic rings. The number of rotatable bonds is 4. The number of nitrogens with zero attached hydrogens (tertiary/aromatic N) is 2. The van der Waals surface area contributed by atoms with Crippen molar-refractivity contribution < 1.29 is 4.52 Å². The van der Waals surface area contributed by atoms with Crippen LogP contribution < -0.4 is 5.32 Å². The number of hydrogen-bond donors (Lipinski definition) is 1. The Balaban J connectivity index is 1.60. The third-order valence-electron chi connectivity index (χ3n) is 3.42. The average molecular weight is 207 g/mol. The highest BCUT2D eigenvalue weighted by Gasteiger charge is 2.50. The molecule has 1 N–H and O–H groups in total. The third kappa shape index (κ3) is 1.91. The van der Waals surface area contributed by atoms with Gasteiger partial charge in [0.05, 0.1) is 6.54 Å². The van der Waals surface area contributed by atoms with Crippen molar-refractivity contribution in [1.82, 2.24) is 15.5 Å². The summed E-state index contributed by atoms with van der Waals surface area (Å²) in [4.78, 5) is 4.43. The summed E-state index contributed by atoms with van der Waals surface area (Å²) in [6.45, 7) is 5.23. The van der Waals surface area contributed by atoms with E-state index in [1.807, 2.05) is 0 Å². The number of nitrogens with one attached hydrogen (secondary N) is 1. The van der Waals surface area contributed by atoms with Gasteiger partial charge in [-0.15, -0.1) is 0 Å². The number of hydrogen-bond acceptors (Lipinski definition) is 4. The van der Waals surface area contributed by atoms with E-state index in [0.29, 0.717) is 17.4 Å². The van der Waals surface area contributed by atoms with Gasteiger partial charge in [-0.3, -0.25) is 0 Å². The fraction of sp³-hybridized carbons (Fsp3) is 0.818. The van der Waals surface area contributed by atoms with Gasteiger partial charge < -0.3 is 9.84 Å². The molecule has 0 bridgehead atoms. The minimum Gasteiger partial charge on any atom is -0.339 e. The van der Waals surface area contributed by atoms with E-state index in [1.54, 1.807) is 0 Å². The highest BCUT2D eigenvalue weighted by Crippen LogP contribution is 2.57. The summed E-state index contributed by atoms with van der Waals surface area (Å²) in [6.07, 6.45) is 3.76. The maximum absolute atomic E-state index is 5.28. The van der Waals surface area contributed by atoms with Gasteiger partial charge in [-0.1, -0.05) is 19.0 Å². The van der Waals surface area contributed by atoms with Crippen molar-refractivity contribution in [3.63, 3.8) is 0 Å². The zero-order valence-electron chi connectivity index (χ0n) is 9.29. The van der Waals surface area contributed by atoms with Gasteiger partial charge in [0.2, 0.25) is 5.89 Å². The lowest BCUT2D eigenvalue weighted by Crippen LogP contribution is -2.16. The standard InChI is InChI=1S/C11H17N3O/c1-11(2)5-8(11)10-13-9(14-15-10)6-12-7-3-4-7/h7-8,12H,3-6H2,1-2H3. The maximum Gasteiger partial charge on any atom is 0.230 e. The Labute approximate surface area is 89.4 Å². The Bertz CT molecular complexity index is 368. The van der Waals surface area contributed by atoms with Crippen LogP contribution in [0.5, 0.6) is 0 Å². The Morgan fingerprint density at radius 3 is 2.80 bits per heavy atom. The van der Waals surface area contributed by atoms with Crippen LogP contribution in [-0.4, -0.2) is 16.2 Å². The monoisotopic (exact) mass is 207 g/mol. The van der Waals surface area contributed by atoms with E-state index in [1.165, 1.54) is 19.3 Å². The van der Waals surface area contributed by atoms with E-state index in [2.05, 4.69) is 29.3 Å². The summed E-state index contributed by atoms with van der Waals surface area (Å²) in [5.74, 6) is 2.12. The van der Waals surface area contributed by atoms with Crippen molar-refractivity contribution >= 4 is 0 Å². The van der Waals surface area contributed by atoms with Crippen LogP contribution in [0.1, 0.15) is 50.7 Å². The van der Waals surface area contributed by atoms with Gasteiger partial charge in [-0.2, -0.15) is 4.98 Å². The van der Waals surface area contributed by atoms with Crippen LogP contribution >= 0.6 is 0 Å². The fourth-order valence-corrected chi connectivity index (χ4v) is 1.89. The first-order chi connectivity index (χ1) is 7.15. The molecule has 2 aliphatic carbocycles. The molecule has 1 unspecified atom stereocenters. The molecule has 4 heteroatoms. The molecule has 0 radical (unpaired) electrons. The van der Waals surface area contributed by atoms with E-state index in [0.717, 1.165) is 18.3 Å². The van der Waals surface area contributed by atoms with Crippen LogP contribution in [0, 0.1) is 5.41 Å². The minimum atomic E-state index is 0.369. The predicted octanol–water partition coefficient (Wildman–Crippen LogP) is 1.84. The molecule has 0 amide bonds. The van der Waals surface area contributed by atoms with Gasteiger partial charge in [0.15, 0.2) is 5.82 Å². The van der Waals surface area contributed by atoms with E-state index >= 15 is 0 Å². The molecule has 2 fully saturated rings. The maximum atomic E-state index is 5.28. The fourth-order valence-electron chi connectivity index (χ4n) is 1.89. The summed E-state index contributed by atoms with van der Waals surface area (Å²) >= 11 is 0. The Morgan fingerprint density at radius 2 is 2.20 bits per heavy atom. The van der Waals surface area contributed by atoms with Crippen molar-refractivity contribution in [2.75, 3.05) is 0 Å². The largest absolute Gasteiger partial charge is 0.339 e. The van der Waals surface area contributed by atoms with E-state index < -0.39 is 0 Å². The molecule has 82 valence electrons. The molecule has 0 saturated heterocycles. The molecular formula is C11H17N3O. The molecule has 15 heavy (non-hydrogen) atoms. The molecule has 0 aromatic carbocycles. The van der Waals surface area contributed by atoms with E-state index in [9.17, 15) is 0 Å². The lowest BCUT2D eigenvalue weighted by Gasteiger charge is -1.96. The molecule has 1 heterocycles. The second-order valence-electron chi connectivity index (χ2n) is 5.45. The normalized spacial score (nSPS) is 28.0. The first-order valence-corrected chi connectivity index (χ1v) is 5.71. The quantitative estimate of drug-likeness (QED) is 0.818. The predicted molar refractivity (Wildman–Crippen MR) is 55.3 cm³/mol. The van der Waals surface area contributed by atoms with Crippen LogP contribution in [-0.2, 0) is 6.54 Å². The average Bonchev–Trinajstić information content (AvgIpc) is 3.06. The summed E-state index contributed by atoms with van der Waals surface area (Å²) in [5, 5.41) is 7.38. The molecule has 3 rings (SSSR count). The van der Waals surface area contributed by atoms with Crippen molar-refractivity contribution in [2.45, 2.75) is 51.6 Å². The molecule has 0 spiro atoms. The summed E-state index contributed by atoms with van der Waals surface area (Å²) in [7, 11) is 0. The van der Waals surface area contributed by atoms with Crippen LogP contribution in [0.2, 0.25) is 0 Å². The Hall–Kier alpha value is -0.900. The SMILES string of the molecule is CC1(C)CC1c1nc(CNC2CC2)no1. The molecule has 2 aliphatic rings. The van der Waals surface area contributed by atoms with Gasteiger partial charge in [0.1, 0.15) is 0 Å².